The number of nitrogens with two attached hydrogens (primary N) is 1. The minimum absolute atomic E-state index is 0.262. The van der Waals surface area contributed by atoms with Gasteiger partial charge in [0, 0.05) is 37.2 Å². The van der Waals surface area contributed by atoms with Crippen molar-refractivity contribution in [3.05, 3.63) is 48.0 Å². The first-order valence-electron chi connectivity index (χ1n) is 5.21. The fourth-order valence-electron chi connectivity index (χ4n) is 1.41. The molecule has 2 aromatic rings. The molecule has 0 aliphatic carbocycles. The molecule has 0 amide bonds. The highest BCUT2D eigenvalue weighted by Gasteiger charge is 2.06. The highest BCUT2D eigenvalue weighted by molar-refractivity contribution is 5.55. The van der Waals surface area contributed by atoms with Crippen LogP contribution in [0.2, 0.25) is 0 Å². The summed E-state index contributed by atoms with van der Waals surface area (Å²) in [6, 6.07) is 6.16. The molecular weight excluding hydrogens is 219 g/mol. The molecule has 0 saturated carbocycles. The SMILES string of the molecule is CN(c1ccc(F)cc1)c1ncc(CN)cn1. The van der Waals surface area contributed by atoms with Gasteiger partial charge in [0.25, 0.3) is 0 Å². The van der Waals surface area contributed by atoms with Crippen LogP contribution in [0.4, 0.5) is 16.0 Å². The number of benzene rings is 1. The maximum atomic E-state index is 12.8. The van der Waals surface area contributed by atoms with Gasteiger partial charge in [-0.25, -0.2) is 14.4 Å². The van der Waals surface area contributed by atoms with Crippen LogP contribution in [0.5, 0.6) is 0 Å². The van der Waals surface area contributed by atoms with E-state index in [1.807, 2.05) is 7.05 Å². The monoisotopic (exact) mass is 232 g/mol. The van der Waals surface area contributed by atoms with Gasteiger partial charge in [-0.1, -0.05) is 0 Å². The fraction of sp³-hybridized carbons (Fsp3) is 0.167. The van der Waals surface area contributed by atoms with Crippen molar-refractivity contribution in [3.63, 3.8) is 0 Å². The Labute approximate surface area is 98.9 Å². The summed E-state index contributed by atoms with van der Waals surface area (Å²) < 4.78 is 12.8. The maximum Gasteiger partial charge on any atom is 0.229 e. The molecule has 0 atom stereocenters. The van der Waals surface area contributed by atoms with Crippen molar-refractivity contribution >= 4 is 11.6 Å². The lowest BCUT2D eigenvalue weighted by Crippen LogP contribution is -2.13. The Hall–Kier alpha value is -2.01. The summed E-state index contributed by atoms with van der Waals surface area (Å²) in [5.41, 5.74) is 7.17. The highest BCUT2D eigenvalue weighted by Crippen LogP contribution is 2.19. The number of nitrogens with zero attached hydrogens (tertiary/aromatic N) is 3. The molecule has 4 nitrogen and oxygen atoms in total. The molecule has 1 heterocycles. The van der Waals surface area contributed by atoms with Crippen LogP contribution in [0.3, 0.4) is 0 Å². The van der Waals surface area contributed by atoms with Crippen molar-refractivity contribution in [1.82, 2.24) is 9.97 Å². The Bertz CT molecular complexity index is 481. The molecular formula is C12H13FN4. The van der Waals surface area contributed by atoms with Crippen LogP contribution >= 0.6 is 0 Å². The molecule has 0 aliphatic heterocycles. The lowest BCUT2D eigenvalue weighted by Gasteiger charge is -2.16. The van der Waals surface area contributed by atoms with Gasteiger partial charge in [-0.3, -0.25) is 0 Å². The van der Waals surface area contributed by atoms with Gasteiger partial charge in [0.15, 0.2) is 0 Å². The summed E-state index contributed by atoms with van der Waals surface area (Å²) in [6.07, 6.45) is 3.37. The molecule has 2 N–H and O–H groups in total. The number of rotatable bonds is 3. The van der Waals surface area contributed by atoms with E-state index in [0.717, 1.165) is 11.3 Å². The van der Waals surface area contributed by atoms with Crippen LogP contribution in [0.25, 0.3) is 0 Å². The Kier molecular flexibility index (Phi) is 3.30. The Morgan fingerprint density at radius 3 is 2.29 bits per heavy atom. The summed E-state index contributed by atoms with van der Waals surface area (Å²) in [7, 11) is 1.82. The number of hydrogen-bond donors (Lipinski definition) is 1. The summed E-state index contributed by atoms with van der Waals surface area (Å²) in [5.74, 6) is 0.287. The van der Waals surface area contributed by atoms with Crippen molar-refractivity contribution in [1.29, 1.82) is 0 Å². The number of aromatic nitrogens is 2. The van der Waals surface area contributed by atoms with Gasteiger partial charge in [-0.2, -0.15) is 0 Å². The molecule has 0 fully saturated rings. The zero-order chi connectivity index (χ0) is 12.3. The summed E-state index contributed by atoms with van der Waals surface area (Å²) in [5, 5.41) is 0. The van der Waals surface area contributed by atoms with Crippen LogP contribution in [-0.4, -0.2) is 17.0 Å². The molecule has 1 aromatic carbocycles. The molecule has 0 aliphatic rings. The van der Waals surface area contributed by atoms with E-state index in [4.69, 9.17) is 5.73 Å². The van der Waals surface area contributed by atoms with E-state index in [-0.39, 0.29) is 5.82 Å². The average molecular weight is 232 g/mol. The largest absolute Gasteiger partial charge is 0.326 e. The standard InChI is InChI=1S/C12H13FN4/c1-17(11-4-2-10(13)3-5-11)12-15-7-9(6-14)8-16-12/h2-5,7-8H,6,14H2,1H3. The molecule has 2 rings (SSSR count). The van der Waals surface area contributed by atoms with Gasteiger partial charge in [0.1, 0.15) is 5.82 Å². The molecule has 0 radical (unpaired) electrons. The summed E-state index contributed by atoms with van der Waals surface area (Å²) in [4.78, 5) is 10.2. The van der Waals surface area contributed by atoms with E-state index in [2.05, 4.69) is 9.97 Å². The van der Waals surface area contributed by atoms with Crippen molar-refractivity contribution in [3.8, 4) is 0 Å². The third-order valence-corrected chi connectivity index (χ3v) is 2.44. The first-order chi connectivity index (χ1) is 8.20. The Balaban J connectivity index is 2.23. The van der Waals surface area contributed by atoms with Crippen LogP contribution in [0.15, 0.2) is 36.7 Å². The van der Waals surface area contributed by atoms with E-state index in [0.29, 0.717) is 12.5 Å². The minimum atomic E-state index is -0.262. The van der Waals surface area contributed by atoms with Crippen molar-refractivity contribution < 1.29 is 4.39 Å². The number of hydrogen-bond acceptors (Lipinski definition) is 4. The Morgan fingerprint density at radius 2 is 1.76 bits per heavy atom. The van der Waals surface area contributed by atoms with Gasteiger partial charge in [0.2, 0.25) is 5.95 Å². The van der Waals surface area contributed by atoms with Gasteiger partial charge in [-0.05, 0) is 24.3 Å². The van der Waals surface area contributed by atoms with Crippen molar-refractivity contribution in [2.24, 2.45) is 5.73 Å². The van der Waals surface area contributed by atoms with Crippen molar-refractivity contribution in [2.75, 3.05) is 11.9 Å². The fourth-order valence-corrected chi connectivity index (χ4v) is 1.41. The Morgan fingerprint density at radius 1 is 1.18 bits per heavy atom. The van der Waals surface area contributed by atoms with E-state index in [9.17, 15) is 4.39 Å². The molecule has 5 heteroatoms. The molecule has 0 bridgehead atoms. The highest BCUT2D eigenvalue weighted by atomic mass is 19.1. The summed E-state index contributed by atoms with van der Waals surface area (Å²) >= 11 is 0. The van der Waals surface area contributed by atoms with Gasteiger partial charge >= 0.3 is 0 Å². The lowest BCUT2D eigenvalue weighted by atomic mass is 10.3. The normalized spacial score (nSPS) is 10.3. The van der Waals surface area contributed by atoms with Crippen LogP contribution < -0.4 is 10.6 Å². The first kappa shape index (κ1) is 11.5. The second kappa shape index (κ2) is 4.88. The summed E-state index contributed by atoms with van der Waals surface area (Å²) in [6.45, 7) is 0.417. The minimum Gasteiger partial charge on any atom is -0.326 e. The van der Waals surface area contributed by atoms with Crippen LogP contribution in [0, 0.1) is 5.82 Å². The van der Waals surface area contributed by atoms with Crippen LogP contribution in [0.1, 0.15) is 5.56 Å². The molecule has 1 aromatic heterocycles. The quantitative estimate of drug-likeness (QED) is 0.877. The lowest BCUT2D eigenvalue weighted by molar-refractivity contribution is 0.628. The topological polar surface area (TPSA) is 55.0 Å². The third-order valence-electron chi connectivity index (χ3n) is 2.44. The zero-order valence-electron chi connectivity index (χ0n) is 9.47. The van der Waals surface area contributed by atoms with E-state index in [1.165, 1.54) is 12.1 Å². The first-order valence-corrected chi connectivity index (χ1v) is 5.21. The molecule has 0 saturated heterocycles. The maximum absolute atomic E-state index is 12.8. The molecule has 0 unspecified atom stereocenters. The zero-order valence-corrected chi connectivity index (χ0v) is 9.47. The second-order valence-corrected chi connectivity index (χ2v) is 3.63. The van der Waals surface area contributed by atoms with Crippen molar-refractivity contribution in [2.45, 2.75) is 6.54 Å². The van der Waals surface area contributed by atoms with E-state index in [1.54, 1.807) is 29.4 Å². The molecule has 88 valence electrons. The third kappa shape index (κ3) is 2.57. The van der Waals surface area contributed by atoms with Gasteiger partial charge in [0.05, 0.1) is 0 Å². The van der Waals surface area contributed by atoms with E-state index < -0.39 is 0 Å². The van der Waals surface area contributed by atoms with Gasteiger partial charge < -0.3 is 10.6 Å². The van der Waals surface area contributed by atoms with Gasteiger partial charge in [-0.15, -0.1) is 0 Å². The van der Waals surface area contributed by atoms with Crippen LogP contribution in [-0.2, 0) is 6.54 Å². The second-order valence-electron chi connectivity index (χ2n) is 3.63. The molecule has 0 spiro atoms. The predicted molar refractivity (Wildman–Crippen MR) is 64.4 cm³/mol. The number of halogens is 1. The smallest absolute Gasteiger partial charge is 0.229 e. The van der Waals surface area contributed by atoms with E-state index >= 15 is 0 Å². The average Bonchev–Trinajstić information content (AvgIpc) is 2.39. The molecule has 17 heavy (non-hydrogen) atoms. The predicted octanol–water partition coefficient (Wildman–Crippen LogP) is 1.84. The number of anilines is 2.